The minimum Gasteiger partial charge on any atom is -0.469 e. The first-order valence-corrected chi connectivity index (χ1v) is 7.51. The Hall–Kier alpha value is -2.64. The molecule has 1 N–H and O–H groups in total. The number of carbonyl (C=O) groups is 1. The van der Waals surface area contributed by atoms with Crippen molar-refractivity contribution < 1.29 is 9.53 Å². The topological polar surface area (TPSA) is 62.1 Å². The molecule has 0 spiro atoms. The number of nitriles is 1. The van der Waals surface area contributed by atoms with Crippen molar-refractivity contribution in [2.24, 2.45) is 5.92 Å². The van der Waals surface area contributed by atoms with Gasteiger partial charge >= 0.3 is 5.97 Å². The third-order valence-corrected chi connectivity index (χ3v) is 3.84. The van der Waals surface area contributed by atoms with Gasteiger partial charge in [0.1, 0.15) is 0 Å². The van der Waals surface area contributed by atoms with Crippen molar-refractivity contribution in [1.29, 1.82) is 5.26 Å². The molecule has 2 aromatic rings. The molecule has 0 saturated heterocycles. The van der Waals surface area contributed by atoms with Crippen molar-refractivity contribution in [2.45, 2.75) is 19.5 Å². The van der Waals surface area contributed by atoms with Gasteiger partial charge in [0.2, 0.25) is 0 Å². The summed E-state index contributed by atoms with van der Waals surface area (Å²) in [4.78, 5) is 11.9. The average Bonchev–Trinajstić information content (AvgIpc) is 2.62. The van der Waals surface area contributed by atoms with Crippen LogP contribution in [0, 0.1) is 17.2 Å². The van der Waals surface area contributed by atoms with Crippen LogP contribution in [0.15, 0.2) is 54.6 Å². The molecule has 0 radical (unpaired) electrons. The van der Waals surface area contributed by atoms with Crippen LogP contribution in [-0.2, 0) is 16.1 Å². The molecule has 0 heterocycles. The maximum Gasteiger partial charge on any atom is 0.310 e. The monoisotopic (exact) mass is 308 g/mol. The SMILES string of the molecule is COC(=O)[C@H](C)[C@@H](NCc1ccc(C#N)cc1)c1ccccc1. The molecule has 0 aliphatic heterocycles. The minimum atomic E-state index is -0.305. The van der Waals surface area contributed by atoms with Crippen LogP contribution in [0.4, 0.5) is 0 Å². The summed E-state index contributed by atoms with van der Waals surface area (Å²) in [5, 5.41) is 12.3. The highest BCUT2D eigenvalue weighted by Gasteiger charge is 2.25. The Morgan fingerprint density at radius 3 is 2.39 bits per heavy atom. The molecule has 0 unspecified atom stereocenters. The van der Waals surface area contributed by atoms with Gasteiger partial charge in [-0.25, -0.2) is 0 Å². The first-order chi connectivity index (χ1) is 11.2. The van der Waals surface area contributed by atoms with E-state index in [-0.39, 0.29) is 17.9 Å². The van der Waals surface area contributed by atoms with Gasteiger partial charge in [-0.2, -0.15) is 5.26 Å². The van der Waals surface area contributed by atoms with E-state index in [2.05, 4.69) is 11.4 Å². The molecule has 2 rings (SSSR count). The fourth-order valence-corrected chi connectivity index (χ4v) is 2.49. The number of methoxy groups -OCH3 is 1. The second-order valence-corrected chi connectivity index (χ2v) is 5.39. The summed E-state index contributed by atoms with van der Waals surface area (Å²) < 4.78 is 4.88. The lowest BCUT2D eigenvalue weighted by atomic mass is 9.94. The van der Waals surface area contributed by atoms with Crippen LogP contribution in [0.1, 0.15) is 29.7 Å². The van der Waals surface area contributed by atoms with E-state index in [4.69, 9.17) is 10.00 Å². The van der Waals surface area contributed by atoms with E-state index < -0.39 is 0 Å². The molecule has 0 saturated carbocycles. The molecule has 2 aromatic carbocycles. The second kappa shape index (κ2) is 8.11. The van der Waals surface area contributed by atoms with Crippen LogP contribution in [-0.4, -0.2) is 13.1 Å². The van der Waals surface area contributed by atoms with Crippen LogP contribution in [0.5, 0.6) is 0 Å². The molecular weight excluding hydrogens is 288 g/mol. The lowest BCUT2D eigenvalue weighted by Crippen LogP contribution is -2.31. The van der Waals surface area contributed by atoms with Crippen molar-refractivity contribution in [2.75, 3.05) is 7.11 Å². The van der Waals surface area contributed by atoms with Gasteiger partial charge in [-0.15, -0.1) is 0 Å². The molecule has 4 heteroatoms. The highest BCUT2D eigenvalue weighted by Crippen LogP contribution is 2.23. The number of esters is 1. The van der Waals surface area contributed by atoms with E-state index in [0.717, 1.165) is 11.1 Å². The molecule has 0 aromatic heterocycles. The van der Waals surface area contributed by atoms with Crippen molar-refractivity contribution in [3.05, 3.63) is 71.3 Å². The van der Waals surface area contributed by atoms with E-state index in [9.17, 15) is 4.79 Å². The third kappa shape index (κ3) is 4.41. The molecule has 118 valence electrons. The summed E-state index contributed by atoms with van der Waals surface area (Å²) in [6.07, 6.45) is 0. The second-order valence-electron chi connectivity index (χ2n) is 5.39. The van der Waals surface area contributed by atoms with E-state index in [0.29, 0.717) is 12.1 Å². The number of nitrogens with one attached hydrogen (secondary N) is 1. The summed E-state index contributed by atoms with van der Waals surface area (Å²) in [6, 6.07) is 19.2. The highest BCUT2D eigenvalue weighted by molar-refractivity contribution is 5.73. The minimum absolute atomic E-state index is 0.140. The lowest BCUT2D eigenvalue weighted by Gasteiger charge is -2.24. The summed E-state index contributed by atoms with van der Waals surface area (Å²) in [5.74, 6) is -0.549. The summed E-state index contributed by atoms with van der Waals surface area (Å²) >= 11 is 0. The zero-order valence-corrected chi connectivity index (χ0v) is 13.3. The van der Waals surface area contributed by atoms with Gasteiger partial charge in [0.05, 0.1) is 24.7 Å². The first kappa shape index (κ1) is 16.7. The van der Waals surface area contributed by atoms with Crippen LogP contribution < -0.4 is 5.32 Å². The van der Waals surface area contributed by atoms with Gasteiger partial charge in [0.25, 0.3) is 0 Å². The predicted molar refractivity (Wildman–Crippen MR) is 88.4 cm³/mol. The summed E-state index contributed by atoms with van der Waals surface area (Å²) in [6.45, 7) is 2.46. The molecule has 2 atom stereocenters. The van der Waals surface area contributed by atoms with Crippen molar-refractivity contribution >= 4 is 5.97 Å². The lowest BCUT2D eigenvalue weighted by molar-refractivity contribution is -0.145. The van der Waals surface area contributed by atoms with Gasteiger partial charge in [-0.3, -0.25) is 4.79 Å². The van der Waals surface area contributed by atoms with E-state index in [1.54, 1.807) is 12.1 Å². The van der Waals surface area contributed by atoms with Crippen molar-refractivity contribution in [3.63, 3.8) is 0 Å². The van der Waals surface area contributed by atoms with Crippen LogP contribution in [0.3, 0.4) is 0 Å². The van der Waals surface area contributed by atoms with Gasteiger partial charge in [0, 0.05) is 12.6 Å². The van der Waals surface area contributed by atoms with Gasteiger partial charge in [0.15, 0.2) is 0 Å². The summed E-state index contributed by atoms with van der Waals surface area (Å²) in [7, 11) is 1.40. The van der Waals surface area contributed by atoms with Gasteiger partial charge in [-0.1, -0.05) is 49.4 Å². The predicted octanol–water partition coefficient (Wildman–Crippen LogP) is 3.20. The van der Waals surface area contributed by atoms with Crippen molar-refractivity contribution in [1.82, 2.24) is 5.32 Å². The fourth-order valence-electron chi connectivity index (χ4n) is 2.49. The number of carbonyl (C=O) groups excluding carboxylic acids is 1. The highest BCUT2D eigenvalue weighted by atomic mass is 16.5. The van der Waals surface area contributed by atoms with E-state index in [1.807, 2.05) is 49.4 Å². The summed E-state index contributed by atoms with van der Waals surface area (Å²) in [5.41, 5.74) is 2.73. The largest absolute Gasteiger partial charge is 0.469 e. The number of hydrogen-bond acceptors (Lipinski definition) is 4. The van der Waals surface area contributed by atoms with Crippen LogP contribution in [0.25, 0.3) is 0 Å². The number of benzene rings is 2. The maximum absolute atomic E-state index is 11.9. The normalized spacial score (nSPS) is 12.9. The molecule has 0 aliphatic carbocycles. The number of hydrogen-bond donors (Lipinski definition) is 1. The smallest absolute Gasteiger partial charge is 0.310 e. The Balaban J connectivity index is 2.14. The Morgan fingerprint density at radius 1 is 1.17 bits per heavy atom. The fraction of sp³-hybridized carbons (Fsp3) is 0.263. The molecule has 23 heavy (non-hydrogen) atoms. The Labute approximate surface area is 136 Å². The quantitative estimate of drug-likeness (QED) is 0.832. The molecule has 0 fully saturated rings. The standard InChI is InChI=1S/C19H20N2O2/c1-14(19(22)23-2)18(17-6-4-3-5-7-17)21-13-16-10-8-15(12-20)9-11-16/h3-11,14,18,21H,13H2,1-2H3/t14-,18-/m1/s1. The Bertz CT molecular complexity index is 675. The van der Waals surface area contributed by atoms with Crippen molar-refractivity contribution in [3.8, 4) is 6.07 Å². The molecule has 0 aliphatic rings. The Kier molecular flexibility index (Phi) is 5.90. The van der Waals surface area contributed by atoms with Gasteiger partial charge in [-0.05, 0) is 23.3 Å². The van der Waals surface area contributed by atoms with E-state index in [1.165, 1.54) is 7.11 Å². The Morgan fingerprint density at radius 2 is 1.83 bits per heavy atom. The zero-order chi connectivity index (χ0) is 16.7. The molecule has 0 amide bonds. The molecule has 0 bridgehead atoms. The molecular formula is C19H20N2O2. The van der Waals surface area contributed by atoms with Gasteiger partial charge < -0.3 is 10.1 Å². The average molecular weight is 308 g/mol. The first-order valence-electron chi connectivity index (χ1n) is 7.51. The van der Waals surface area contributed by atoms with Crippen LogP contribution >= 0.6 is 0 Å². The number of rotatable bonds is 6. The maximum atomic E-state index is 11.9. The molecule has 4 nitrogen and oxygen atoms in total. The number of nitrogens with zero attached hydrogens (tertiary/aromatic N) is 1. The third-order valence-electron chi connectivity index (χ3n) is 3.84. The van der Waals surface area contributed by atoms with Crippen LogP contribution in [0.2, 0.25) is 0 Å². The number of ether oxygens (including phenoxy) is 1. The zero-order valence-electron chi connectivity index (χ0n) is 13.3. The van der Waals surface area contributed by atoms with E-state index >= 15 is 0 Å².